The number of hydrogen-bond donors (Lipinski definition) is 1. The molecule has 4 saturated carbocycles. The molecule has 136 valence electrons. The SMILES string of the molecule is CC(C)C1CC2CC(=O)CC[C@]2(C)C2CC[C@@]3(C)C(CC[C@@H]3O)[C@H]12. The first-order chi connectivity index (χ1) is 11.3. The maximum Gasteiger partial charge on any atom is 0.133 e. The maximum atomic E-state index is 12.1. The van der Waals surface area contributed by atoms with Gasteiger partial charge in [-0.3, -0.25) is 4.79 Å². The third-order valence-electron chi connectivity index (χ3n) is 9.39. The molecule has 2 nitrogen and oxygen atoms in total. The minimum atomic E-state index is -0.0882. The third kappa shape index (κ3) is 2.20. The number of ketones is 1. The smallest absolute Gasteiger partial charge is 0.133 e. The second kappa shape index (κ2) is 5.56. The number of aliphatic hydroxyl groups is 1. The van der Waals surface area contributed by atoms with Crippen LogP contribution in [-0.4, -0.2) is 17.0 Å². The molecule has 8 atom stereocenters. The molecule has 0 amide bonds. The number of carbonyl (C=O) groups is 1. The molecule has 0 aromatic rings. The summed E-state index contributed by atoms with van der Waals surface area (Å²) in [7, 11) is 0. The van der Waals surface area contributed by atoms with Gasteiger partial charge in [0.25, 0.3) is 0 Å². The highest BCUT2D eigenvalue weighted by atomic mass is 16.3. The Bertz CT molecular complexity index is 526. The van der Waals surface area contributed by atoms with Crippen LogP contribution in [0, 0.1) is 46.3 Å². The zero-order valence-electron chi connectivity index (χ0n) is 16.1. The summed E-state index contributed by atoms with van der Waals surface area (Å²) < 4.78 is 0. The quantitative estimate of drug-likeness (QED) is 0.746. The van der Waals surface area contributed by atoms with E-state index in [4.69, 9.17) is 0 Å². The van der Waals surface area contributed by atoms with Crippen molar-refractivity contribution in [3.05, 3.63) is 0 Å². The molecule has 0 aromatic heterocycles. The molecule has 24 heavy (non-hydrogen) atoms. The summed E-state index contributed by atoms with van der Waals surface area (Å²) in [6.45, 7) is 9.69. The Morgan fingerprint density at radius 1 is 1.04 bits per heavy atom. The van der Waals surface area contributed by atoms with Crippen LogP contribution in [0.25, 0.3) is 0 Å². The van der Waals surface area contributed by atoms with Crippen molar-refractivity contribution in [2.45, 2.75) is 85.2 Å². The van der Waals surface area contributed by atoms with Gasteiger partial charge in [-0.1, -0.05) is 27.7 Å². The first-order valence-corrected chi connectivity index (χ1v) is 10.5. The molecule has 0 heterocycles. The van der Waals surface area contributed by atoms with E-state index in [0.29, 0.717) is 29.0 Å². The average molecular weight is 333 g/mol. The minimum Gasteiger partial charge on any atom is -0.393 e. The van der Waals surface area contributed by atoms with E-state index in [1.165, 1.54) is 25.7 Å². The third-order valence-corrected chi connectivity index (χ3v) is 9.39. The van der Waals surface area contributed by atoms with Gasteiger partial charge < -0.3 is 5.11 Å². The summed E-state index contributed by atoms with van der Waals surface area (Å²) in [5.41, 5.74) is 0.529. The van der Waals surface area contributed by atoms with Crippen LogP contribution < -0.4 is 0 Å². The summed E-state index contributed by atoms with van der Waals surface area (Å²) in [5.74, 6) is 4.82. The van der Waals surface area contributed by atoms with Crippen molar-refractivity contribution < 1.29 is 9.90 Å². The Kier molecular flexibility index (Phi) is 3.95. The summed E-state index contributed by atoms with van der Waals surface area (Å²) >= 11 is 0. The van der Waals surface area contributed by atoms with E-state index < -0.39 is 0 Å². The molecule has 4 rings (SSSR count). The van der Waals surface area contributed by atoms with Crippen molar-refractivity contribution in [1.29, 1.82) is 0 Å². The standard InChI is InChI=1S/C22H36O2/c1-13(2)16-12-14-11-15(23)7-9-21(14,3)18-8-10-22(4)17(20(16)18)5-6-19(22)24/h13-14,16-20,24H,5-12H2,1-4H3/t14?,16?,17?,18?,19-,20-,21-,22-/m0/s1. The fourth-order valence-corrected chi connectivity index (χ4v) is 7.80. The number of aliphatic hydroxyl groups excluding tert-OH is 1. The molecule has 0 aromatic carbocycles. The molecular formula is C22H36O2. The van der Waals surface area contributed by atoms with Gasteiger partial charge >= 0.3 is 0 Å². The zero-order chi connectivity index (χ0) is 17.3. The van der Waals surface area contributed by atoms with Crippen molar-refractivity contribution in [3.63, 3.8) is 0 Å². The van der Waals surface area contributed by atoms with Gasteiger partial charge in [0.2, 0.25) is 0 Å². The van der Waals surface area contributed by atoms with E-state index in [9.17, 15) is 9.90 Å². The van der Waals surface area contributed by atoms with Gasteiger partial charge in [-0.25, -0.2) is 0 Å². The molecular weight excluding hydrogens is 296 g/mol. The molecule has 2 heteroatoms. The van der Waals surface area contributed by atoms with Crippen LogP contribution >= 0.6 is 0 Å². The van der Waals surface area contributed by atoms with E-state index in [0.717, 1.165) is 43.4 Å². The van der Waals surface area contributed by atoms with Crippen LogP contribution in [0.5, 0.6) is 0 Å². The summed E-state index contributed by atoms with van der Waals surface area (Å²) in [6.07, 6.45) is 8.64. The number of Topliss-reactive ketones (excluding diaryl/α,β-unsaturated/α-hetero) is 1. The Morgan fingerprint density at radius 3 is 2.46 bits per heavy atom. The van der Waals surface area contributed by atoms with Crippen LogP contribution in [0.2, 0.25) is 0 Å². The lowest BCUT2D eigenvalue weighted by atomic mass is 9.42. The van der Waals surface area contributed by atoms with Crippen LogP contribution in [0.3, 0.4) is 0 Å². The number of rotatable bonds is 1. The molecule has 4 fully saturated rings. The van der Waals surface area contributed by atoms with Gasteiger partial charge in [-0.15, -0.1) is 0 Å². The molecule has 0 aliphatic heterocycles. The van der Waals surface area contributed by atoms with Gasteiger partial charge in [0.15, 0.2) is 0 Å². The highest BCUT2D eigenvalue weighted by molar-refractivity contribution is 5.79. The Morgan fingerprint density at radius 2 is 1.75 bits per heavy atom. The number of fused-ring (bicyclic) bond motifs is 5. The van der Waals surface area contributed by atoms with E-state index in [1.807, 2.05) is 0 Å². The maximum absolute atomic E-state index is 12.1. The van der Waals surface area contributed by atoms with Gasteiger partial charge in [-0.05, 0) is 84.9 Å². The van der Waals surface area contributed by atoms with E-state index in [2.05, 4.69) is 27.7 Å². The molecule has 0 radical (unpaired) electrons. The first-order valence-electron chi connectivity index (χ1n) is 10.5. The van der Waals surface area contributed by atoms with Crippen molar-refractivity contribution in [3.8, 4) is 0 Å². The average Bonchev–Trinajstić information content (AvgIpc) is 2.83. The second-order valence-electron chi connectivity index (χ2n) is 10.5. The second-order valence-corrected chi connectivity index (χ2v) is 10.5. The molecule has 4 unspecified atom stereocenters. The summed E-state index contributed by atoms with van der Waals surface area (Å²) in [5, 5.41) is 10.7. The lowest BCUT2D eigenvalue weighted by Crippen LogP contribution is -2.57. The summed E-state index contributed by atoms with van der Waals surface area (Å²) in [4.78, 5) is 12.1. The number of hydrogen-bond acceptors (Lipinski definition) is 2. The highest BCUT2D eigenvalue weighted by Gasteiger charge is 2.62. The minimum absolute atomic E-state index is 0.0882. The summed E-state index contributed by atoms with van der Waals surface area (Å²) in [6, 6.07) is 0. The van der Waals surface area contributed by atoms with Crippen molar-refractivity contribution in [2.24, 2.45) is 46.3 Å². The first kappa shape index (κ1) is 17.1. The predicted octanol–water partition coefficient (Wildman–Crippen LogP) is 4.84. The Hall–Kier alpha value is -0.370. The zero-order valence-corrected chi connectivity index (χ0v) is 16.1. The normalized spacial score (nSPS) is 54.3. The lowest BCUT2D eigenvalue weighted by molar-refractivity contribution is -0.160. The van der Waals surface area contributed by atoms with E-state index in [1.54, 1.807) is 0 Å². The largest absolute Gasteiger partial charge is 0.393 e. The Labute approximate surface area is 147 Å². The fraction of sp³-hybridized carbons (Fsp3) is 0.955. The van der Waals surface area contributed by atoms with Gasteiger partial charge in [0.1, 0.15) is 5.78 Å². The monoisotopic (exact) mass is 332 g/mol. The van der Waals surface area contributed by atoms with Crippen LogP contribution in [0.15, 0.2) is 0 Å². The van der Waals surface area contributed by atoms with Gasteiger partial charge in [0, 0.05) is 12.8 Å². The van der Waals surface area contributed by atoms with Crippen LogP contribution in [0.1, 0.15) is 79.1 Å². The molecule has 4 aliphatic carbocycles. The van der Waals surface area contributed by atoms with Crippen molar-refractivity contribution in [1.82, 2.24) is 0 Å². The van der Waals surface area contributed by atoms with Crippen LogP contribution in [-0.2, 0) is 4.79 Å². The highest BCUT2D eigenvalue weighted by Crippen LogP contribution is 2.68. The van der Waals surface area contributed by atoms with Gasteiger partial charge in [-0.2, -0.15) is 0 Å². The predicted molar refractivity (Wildman–Crippen MR) is 96.5 cm³/mol. The Balaban J connectivity index is 1.73. The van der Waals surface area contributed by atoms with E-state index in [-0.39, 0.29) is 11.5 Å². The van der Waals surface area contributed by atoms with Gasteiger partial charge in [0.05, 0.1) is 6.10 Å². The van der Waals surface area contributed by atoms with Crippen LogP contribution in [0.4, 0.5) is 0 Å². The molecule has 0 spiro atoms. The van der Waals surface area contributed by atoms with Crippen molar-refractivity contribution in [2.75, 3.05) is 0 Å². The van der Waals surface area contributed by atoms with E-state index >= 15 is 0 Å². The molecule has 4 aliphatic rings. The topological polar surface area (TPSA) is 37.3 Å². The fourth-order valence-electron chi connectivity index (χ4n) is 7.80. The number of carbonyl (C=O) groups excluding carboxylic acids is 1. The molecule has 0 saturated heterocycles. The molecule has 0 bridgehead atoms. The lowest BCUT2D eigenvalue weighted by Gasteiger charge is -2.63. The molecule has 1 N–H and O–H groups in total. The van der Waals surface area contributed by atoms with Crippen molar-refractivity contribution >= 4 is 5.78 Å².